The third-order valence-electron chi connectivity index (χ3n) is 3.52. The molecule has 106 valence electrons. The number of hydrogen-bond donors (Lipinski definition) is 1. The lowest BCUT2D eigenvalue weighted by molar-refractivity contribution is -0.148. The number of hydrogen-bond acceptors (Lipinski definition) is 4. The molecule has 1 aliphatic rings. The number of ether oxygens (including phenoxy) is 1. The average molecular weight is 276 g/mol. The van der Waals surface area contributed by atoms with E-state index >= 15 is 0 Å². The zero-order chi connectivity index (χ0) is 14.8. The van der Waals surface area contributed by atoms with Crippen LogP contribution in [0.3, 0.4) is 0 Å². The van der Waals surface area contributed by atoms with Gasteiger partial charge in [-0.2, -0.15) is 0 Å². The highest BCUT2D eigenvalue weighted by molar-refractivity contribution is 6.22. The predicted octanol–water partition coefficient (Wildman–Crippen LogP) is 1.02. The van der Waals surface area contributed by atoms with E-state index < -0.39 is 23.3 Å². The second kappa shape index (κ2) is 5.42. The van der Waals surface area contributed by atoms with E-state index in [4.69, 9.17) is 4.74 Å². The van der Waals surface area contributed by atoms with Crippen LogP contribution < -0.4 is 5.32 Å². The van der Waals surface area contributed by atoms with Crippen molar-refractivity contribution < 1.29 is 19.1 Å². The molecule has 1 heterocycles. The molecule has 20 heavy (non-hydrogen) atoms. The van der Waals surface area contributed by atoms with Crippen molar-refractivity contribution in [2.75, 3.05) is 13.8 Å². The molecular weight excluding hydrogens is 260 g/mol. The molecule has 1 aromatic rings. The van der Waals surface area contributed by atoms with Crippen LogP contribution in [0.25, 0.3) is 0 Å². The summed E-state index contributed by atoms with van der Waals surface area (Å²) in [4.78, 5) is 37.6. The molecule has 0 aliphatic carbocycles. The van der Waals surface area contributed by atoms with Crippen LogP contribution >= 0.6 is 0 Å². The first-order chi connectivity index (χ1) is 9.57. The number of carbonyl (C=O) groups excluding carboxylic acids is 3. The van der Waals surface area contributed by atoms with E-state index in [9.17, 15) is 14.4 Å². The Morgan fingerprint density at radius 3 is 2.40 bits per heavy atom. The average Bonchev–Trinajstić information content (AvgIpc) is 2.45. The Balaban J connectivity index is 2.53. The second-order valence-corrected chi connectivity index (χ2v) is 4.54. The molecule has 2 rings (SSSR count). The molecule has 6 nitrogen and oxygen atoms in total. The van der Waals surface area contributed by atoms with Crippen LogP contribution in [0, 0.1) is 0 Å². The van der Waals surface area contributed by atoms with Gasteiger partial charge in [-0.3, -0.25) is 14.9 Å². The van der Waals surface area contributed by atoms with Gasteiger partial charge in [-0.15, -0.1) is 0 Å². The summed E-state index contributed by atoms with van der Waals surface area (Å²) in [5, 5.41) is 2.23. The highest BCUT2D eigenvalue weighted by Gasteiger charge is 2.53. The van der Waals surface area contributed by atoms with Crippen LogP contribution in [0.1, 0.15) is 18.9 Å². The largest absolute Gasteiger partial charge is 0.364 e. The fourth-order valence-electron chi connectivity index (χ4n) is 2.43. The number of amides is 4. The van der Waals surface area contributed by atoms with E-state index in [0.717, 1.165) is 4.90 Å². The number of carbonyl (C=O) groups is 3. The number of methoxy groups -OCH3 is 1. The third-order valence-corrected chi connectivity index (χ3v) is 3.52. The van der Waals surface area contributed by atoms with Gasteiger partial charge in [0.05, 0.1) is 0 Å². The van der Waals surface area contributed by atoms with E-state index in [1.165, 1.54) is 7.11 Å². The Morgan fingerprint density at radius 1 is 1.20 bits per heavy atom. The number of rotatable bonds is 4. The summed E-state index contributed by atoms with van der Waals surface area (Å²) in [6.45, 7) is 1.55. The Hall–Kier alpha value is -2.21. The maximum Gasteiger partial charge on any atom is 0.332 e. The Kier molecular flexibility index (Phi) is 3.85. The molecule has 0 spiro atoms. The van der Waals surface area contributed by atoms with Crippen molar-refractivity contribution in [2.24, 2.45) is 0 Å². The first-order valence-electron chi connectivity index (χ1n) is 6.29. The summed E-state index contributed by atoms with van der Waals surface area (Å²) < 4.78 is 4.86. The van der Waals surface area contributed by atoms with Gasteiger partial charge in [0, 0.05) is 7.11 Å². The van der Waals surface area contributed by atoms with Gasteiger partial charge in [-0.25, -0.2) is 9.69 Å². The molecule has 1 unspecified atom stereocenters. The summed E-state index contributed by atoms with van der Waals surface area (Å²) in [7, 11) is 1.38. The van der Waals surface area contributed by atoms with Gasteiger partial charge < -0.3 is 4.74 Å². The highest BCUT2D eigenvalue weighted by Crippen LogP contribution is 2.33. The minimum absolute atomic E-state index is 0.188. The van der Waals surface area contributed by atoms with Crippen LogP contribution in [0.15, 0.2) is 30.3 Å². The molecule has 4 amide bonds. The monoisotopic (exact) mass is 276 g/mol. The molecule has 1 saturated heterocycles. The molecule has 1 fully saturated rings. The van der Waals surface area contributed by atoms with Gasteiger partial charge in [0.25, 0.3) is 5.91 Å². The number of urea groups is 1. The molecule has 0 radical (unpaired) electrons. The first-order valence-corrected chi connectivity index (χ1v) is 6.29. The van der Waals surface area contributed by atoms with Gasteiger partial charge in [0.2, 0.25) is 5.91 Å². The number of imide groups is 2. The van der Waals surface area contributed by atoms with E-state index in [2.05, 4.69) is 5.32 Å². The third kappa shape index (κ3) is 1.98. The van der Waals surface area contributed by atoms with E-state index in [-0.39, 0.29) is 13.2 Å². The van der Waals surface area contributed by atoms with Crippen LogP contribution in [-0.4, -0.2) is 36.6 Å². The normalized spacial score (nSPS) is 22.9. The maximum atomic E-state index is 12.7. The number of benzene rings is 1. The topological polar surface area (TPSA) is 75.7 Å². The lowest BCUT2D eigenvalue weighted by atomic mass is 9.75. The van der Waals surface area contributed by atoms with Gasteiger partial charge in [0.15, 0.2) is 5.41 Å². The Morgan fingerprint density at radius 2 is 1.85 bits per heavy atom. The van der Waals surface area contributed by atoms with E-state index in [1.807, 2.05) is 0 Å². The number of barbiturate groups is 1. The SMILES string of the molecule is CCC1(c2ccccc2)C(=O)NC(=O)N(COC)C1=O. The van der Waals surface area contributed by atoms with Gasteiger partial charge in [0.1, 0.15) is 6.73 Å². The first kappa shape index (κ1) is 14.2. The minimum atomic E-state index is -1.38. The lowest BCUT2D eigenvalue weighted by Crippen LogP contribution is -2.66. The molecule has 1 atom stereocenters. The summed E-state index contributed by atoms with van der Waals surface area (Å²) in [6, 6.07) is 7.98. The minimum Gasteiger partial charge on any atom is -0.364 e. The molecule has 1 aromatic carbocycles. The summed E-state index contributed by atoms with van der Waals surface area (Å²) in [6.07, 6.45) is 0.259. The quantitative estimate of drug-likeness (QED) is 0.833. The van der Waals surface area contributed by atoms with Crippen LogP contribution in [0.5, 0.6) is 0 Å². The van der Waals surface area contributed by atoms with Crippen molar-refractivity contribution in [2.45, 2.75) is 18.8 Å². The molecule has 0 aromatic heterocycles. The van der Waals surface area contributed by atoms with Crippen LogP contribution in [0.4, 0.5) is 4.79 Å². The summed E-state index contributed by atoms with van der Waals surface area (Å²) in [5.41, 5.74) is -0.813. The van der Waals surface area contributed by atoms with Crippen LogP contribution in [-0.2, 0) is 19.7 Å². The van der Waals surface area contributed by atoms with E-state index in [1.54, 1.807) is 37.3 Å². The molecular formula is C14H16N2O4. The van der Waals surface area contributed by atoms with Gasteiger partial charge in [-0.1, -0.05) is 37.3 Å². The number of nitrogens with one attached hydrogen (secondary N) is 1. The predicted molar refractivity (Wildman–Crippen MR) is 70.7 cm³/mol. The maximum absolute atomic E-state index is 12.7. The summed E-state index contributed by atoms with van der Waals surface area (Å²) in [5.74, 6) is -1.14. The Labute approximate surface area is 116 Å². The fraction of sp³-hybridized carbons (Fsp3) is 0.357. The molecule has 1 aliphatic heterocycles. The van der Waals surface area contributed by atoms with Crippen molar-refractivity contribution in [1.82, 2.24) is 10.2 Å². The second-order valence-electron chi connectivity index (χ2n) is 4.54. The number of nitrogens with zero attached hydrogens (tertiary/aromatic N) is 1. The molecule has 1 N–H and O–H groups in total. The van der Waals surface area contributed by atoms with Crippen molar-refractivity contribution in [3.63, 3.8) is 0 Å². The van der Waals surface area contributed by atoms with Crippen molar-refractivity contribution in [3.05, 3.63) is 35.9 Å². The molecule has 0 saturated carbocycles. The van der Waals surface area contributed by atoms with Crippen molar-refractivity contribution in [3.8, 4) is 0 Å². The molecule has 6 heteroatoms. The van der Waals surface area contributed by atoms with Crippen LogP contribution in [0.2, 0.25) is 0 Å². The molecule has 0 bridgehead atoms. The zero-order valence-electron chi connectivity index (χ0n) is 11.4. The lowest BCUT2D eigenvalue weighted by Gasteiger charge is -2.38. The highest BCUT2D eigenvalue weighted by atomic mass is 16.5. The summed E-state index contributed by atoms with van der Waals surface area (Å²) >= 11 is 0. The standard InChI is InChI=1S/C14H16N2O4/c1-3-14(10-7-5-4-6-8-10)11(17)15-13(19)16(9-20-2)12(14)18/h4-8H,3,9H2,1-2H3,(H,15,17,19). The zero-order valence-corrected chi connectivity index (χ0v) is 11.4. The smallest absolute Gasteiger partial charge is 0.332 e. The van der Waals surface area contributed by atoms with Crippen molar-refractivity contribution in [1.29, 1.82) is 0 Å². The fourth-order valence-corrected chi connectivity index (χ4v) is 2.43. The van der Waals surface area contributed by atoms with Gasteiger partial charge in [-0.05, 0) is 12.0 Å². The van der Waals surface area contributed by atoms with Gasteiger partial charge >= 0.3 is 6.03 Å². The Bertz CT molecular complexity index is 543. The van der Waals surface area contributed by atoms with Crippen molar-refractivity contribution >= 4 is 17.8 Å². The van der Waals surface area contributed by atoms with E-state index in [0.29, 0.717) is 5.56 Å².